The first-order chi connectivity index (χ1) is 9.74. The van der Waals surface area contributed by atoms with E-state index in [1.165, 1.54) is 25.0 Å². The fourth-order valence-corrected chi connectivity index (χ4v) is 3.43. The number of rotatable bonds is 3. The van der Waals surface area contributed by atoms with Crippen LogP contribution in [0.25, 0.3) is 0 Å². The van der Waals surface area contributed by atoms with Crippen molar-refractivity contribution in [3.8, 4) is 0 Å². The summed E-state index contributed by atoms with van der Waals surface area (Å²) in [6.45, 7) is 0. The van der Waals surface area contributed by atoms with Crippen molar-refractivity contribution in [3.63, 3.8) is 0 Å². The molecule has 0 heterocycles. The van der Waals surface area contributed by atoms with Crippen molar-refractivity contribution in [1.82, 2.24) is 0 Å². The standard InChI is InChI=1S/C18H18F2/c19-16-9-3-7-14(11-16)18(13-5-1-2-6-13)15-8-4-10-17(20)12-15/h3-4,7-13,18H,1-2,5-6H2. The van der Waals surface area contributed by atoms with Crippen LogP contribution in [0.5, 0.6) is 0 Å². The summed E-state index contributed by atoms with van der Waals surface area (Å²) in [6.07, 6.45) is 4.70. The Bertz CT molecular complexity index is 540. The molecule has 104 valence electrons. The molecule has 0 unspecified atom stereocenters. The molecule has 0 spiro atoms. The van der Waals surface area contributed by atoms with E-state index in [-0.39, 0.29) is 17.6 Å². The predicted octanol–water partition coefficient (Wildman–Crippen LogP) is 5.29. The third-order valence-electron chi connectivity index (χ3n) is 4.29. The van der Waals surface area contributed by atoms with Crippen LogP contribution in [0.15, 0.2) is 48.5 Å². The maximum atomic E-state index is 13.5. The fraction of sp³-hybridized carbons (Fsp3) is 0.333. The maximum Gasteiger partial charge on any atom is 0.123 e. The summed E-state index contributed by atoms with van der Waals surface area (Å²) in [5.74, 6) is 0.145. The number of halogens is 2. The normalized spacial score (nSPS) is 15.9. The second kappa shape index (κ2) is 5.74. The lowest BCUT2D eigenvalue weighted by Gasteiger charge is -2.24. The van der Waals surface area contributed by atoms with Crippen molar-refractivity contribution in [2.75, 3.05) is 0 Å². The number of benzene rings is 2. The highest BCUT2D eigenvalue weighted by Gasteiger charge is 2.28. The summed E-state index contributed by atoms with van der Waals surface area (Å²) in [7, 11) is 0. The average Bonchev–Trinajstić information content (AvgIpc) is 2.93. The second-order valence-electron chi connectivity index (χ2n) is 5.63. The molecule has 0 radical (unpaired) electrons. The van der Waals surface area contributed by atoms with Crippen LogP contribution in [-0.4, -0.2) is 0 Å². The van der Waals surface area contributed by atoms with Gasteiger partial charge in [0.1, 0.15) is 11.6 Å². The first kappa shape index (κ1) is 13.3. The molecule has 20 heavy (non-hydrogen) atoms. The first-order valence-electron chi connectivity index (χ1n) is 7.25. The quantitative estimate of drug-likeness (QED) is 0.712. The van der Waals surface area contributed by atoms with Gasteiger partial charge in [-0.3, -0.25) is 0 Å². The van der Waals surface area contributed by atoms with Crippen molar-refractivity contribution in [2.24, 2.45) is 5.92 Å². The topological polar surface area (TPSA) is 0 Å². The third-order valence-corrected chi connectivity index (χ3v) is 4.29. The minimum absolute atomic E-state index is 0.101. The first-order valence-corrected chi connectivity index (χ1v) is 7.25. The number of hydrogen-bond donors (Lipinski definition) is 0. The van der Waals surface area contributed by atoms with Gasteiger partial charge in [0.25, 0.3) is 0 Å². The van der Waals surface area contributed by atoms with E-state index >= 15 is 0 Å². The van der Waals surface area contributed by atoms with Gasteiger partial charge in [-0.25, -0.2) is 8.78 Å². The Hall–Kier alpha value is -1.70. The number of hydrogen-bond acceptors (Lipinski definition) is 0. The summed E-state index contributed by atoms with van der Waals surface area (Å²) in [4.78, 5) is 0. The van der Waals surface area contributed by atoms with Crippen LogP contribution in [0.4, 0.5) is 8.78 Å². The summed E-state index contributed by atoms with van der Waals surface area (Å²) >= 11 is 0. The Morgan fingerprint density at radius 1 is 0.800 bits per heavy atom. The van der Waals surface area contributed by atoms with Crippen molar-refractivity contribution in [1.29, 1.82) is 0 Å². The highest BCUT2D eigenvalue weighted by atomic mass is 19.1. The highest BCUT2D eigenvalue weighted by molar-refractivity contribution is 5.34. The summed E-state index contributed by atoms with van der Waals surface area (Å²) in [6, 6.07) is 13.5. The molecule has 0 atom stereocenters. The van der Waals surface area contributed by atoms with Gasteiger partial charge in [-0.1, -0.05) is 37.1 Å². The molecule has 0 saturated heterocycles. The van der Waals surface area contributed by atoms with E-state index in [0.717, 1.165) is 24.0 Å². The van der Waals surface area contributed by atoms with Gasteiger partial charge in [-0.15, -0.1) is 0 Å². The van der Waals surface area contributed by atoms with Gasteiger partial charge in [-0.05, 0) is 54.2 Å². The second-order valence-corrected chi connectivity index (χ2v) is 5.63. The van der Waals surface area contributed by atoms with E-state index in [0.29, 0.717) is 5.92 Å². The van der Waals surface area contributed by atoms with Gasteiger partial charge in [0.05, 0.1) is 0 Å². The van der Waals surface area contributed by atoms with Crippen molar-refractivity contribution >= 4 is 0 Å². The van der Waals surface area contributed by atoms with E-state index in [9.17, 15) is 8.78 Å². The van der Waals surface area contributed by atoms with E-state index in [4.69, 9.17) is 0 Å². The van der Waals surface area contributed by atoms with Gasteiger partial charge >= 0.3 is 0 Å². The third kappa shape index (κ3) is 2.74. The maximum absolute atomic E-state index is 13.5. The van der Waals surface area contributed by atoms with E-state index in [2.05, 4.69) is 0 Å². The van der Waals surface area contributed by atoms with Gasteiger partial charge in [-0.2, -0.15) is 0 Å². The molecule has 1 saturated carbocycles. The van der Waals surface area contributed by atoms with Crippen LogP contribution in [0.2, 0.25) is 0 Å². The Balaban J connectivity index is 2.03. The van der Waals surface area contributed by atoms with E-state index in [1.807, 2.05) is 12.1 Å². The zero-order valence-electron chi connectivity index (χ0n) is 11.4. The lowest BCUT2D eigenvalue weighted by atomic mass is 9.80. The molecule has 0 bridgehead atoms. The molecule has 0 aliphatic heterocycles. The van der Waals surface area contributed by atoms with Crippen LogP contribution in [0.3, 0.4) is 0 Å². The minimum atomic E-state index is -0.220. The van der Waals surface area contributed by atoms with Gasteiger partial charge < -0.3 is 0 Å². The van der Waals surface area contributed by atoms with Crippen molar-refractivity contribution in [3.05, 3.63) is 71.3 Å². The lowest BCUT2D eigenvalue weighted by Crippen LogP contribution is -2.12. The van der Waals surface area contributed by atoms with Crippen LogP contribution >= 0.6 is 0 Å². The predicted molar refractivity (Wildman–Crippen MR) is 76.6 cm³/mol. The molecule has 2 heteroatoms. The molecule has 0 nitrogen and oxygen atoms in total. The summed E-state index contributed by atoms with van der Waals surface area (Å²) < 4.78 is 27.1. The van der Waals surface area contributed by atoms with Crippen LogP contribution in [-0.2, 0) is 0 Å². The molecular weight excluding hydrogens is 254 g/mol. The van der Waals surface area contributed by atoms with Gasteiger partial charge in [0, 0.05) is 5.92 Å². The molecule has 1 aliphatic rings. The Kier molecular flexibility index (Phi) is 3.81. The molecule has 0 aromatic heterocycles. The molecule has 0 N–H and O–H groups in total. The molecule has 1 fully saturated rings. The molecule has 3 rings (SSSR count). The summed E-state index contributed by atoms with van der Waals surface area (Å²) in [5, 5.41) is 0. The zero-order chi connectivity index (χ0) is 13.9. The minimum Gasteiger partial charge on any atom is -0.207 e. The highest BCUT2D eigenvalue weighted by Crippen LogP contribution is 2.41. The lowest BCUT2D eigenvalue weighted by molar-refractivity contribution is 0.479. The van der Waals surface area contributed by atoms with Crippen molar-refractivity contribution in [2.45, 2.75) is 31.6 Å². The van der Waals surface area contributed by atoms with Gasteiger partial charge in [0.2, 0.25) is 0 Å². The molecule has 1 aliphatic carbocycles. The Labute approximate surface area is 118 Å². The molecule has 2 aromatic rings. The van der Waals surface area contributed by atoms with Crippen LogP contribution in [0, 0.1) is 17.6 Å². The van der Waals surface area contributed by atoms with Crippen LogP contribution in [0.1, 0.15) is 42.7 Å². The Morgan fingerprint density at radius 2 is 1.30 bits per heavy atom. The van der Waals surface area contributed by atoms with Crippen molar-refractivity contribution < 1.29 is 8.78 Å². The molecule has 2 aromatic carbocycles. The SMILES string of the molecule is Fc1cccc(C(c2cccc(F)c2)C2CCCC2)c1. The van der Waals surface area contributed by atoms with Gasteiger partial charge in [0.15, 0.2) is 0 Å². The molecular formula is C18H18F2. The molecule has 0 amide bonds. The summed E-state index contributed by atoms with van der Waals surface area (Å²) in [5.41, 5.74) is 1.92. The smallest absolute Gasteiger partial charge is 0.123 e. The van der Waals surface area contributed by atoms with E-state index in [1.54, 1.807) is 24.3 Å². The largest absolute Gasteiger partial charge is 0.207 e. The Morgan fingerprint density at radius 3 is 1.75 bits per heavy atom. The fourth-order valence-electron chi connectivity index (χ4n) is 3.43. The average molecular weight is 272 g/mol. The monoisotopic (exact) mass is 272 g/mol. The zero-order valence-corrected chi connectivity index (χ0v) is 11.4. The van der Waals surface area contributed by atoms with E-state index < -0.39 is 0 Å². The van der Waals surface area contributed by atoms with Crippen LogP contribution < -0.4 is 0 Å².